The quantitative estimate of drug-likeness (QED) is 0.584. The average molecular weight is 346 g/mol. The van der Waals surface area contributed by atoms with Crippen LogP contribution < -0.4 is 5.32 Å². The molecule has 7 heteroatoms. The van der Waals surface area contributed by atoms with Crippen LogP contribution in [0.1, 0.15) is 17.9 Å². The summed E-state index contributed by atoms with van der Waals surface area (Å²) in [6.45, 7) is 1.30. The molecule has 4 heterocycles. The van der Waals surface area contributed by atoms with Crippen molar-refractivity contribution < 1.29 is 4.79 Å². The van der Waals surface area contributed by atoms with Gasteiger partial charge in [-0.05, 0) is 30.3 Å². The molecule has 130 valence electrons. The molecule has 1 aliphatic heterocycles. The maximum absolute atomic E-state index is 11.9. The zero-order chi connectivity index (χ0) is 16.8. The first-order valence-corrected chi connectivity index (χ1v) is 8.04. The van der Waals surface area contributed by atoms with Gasteiger partial charge in [-0.15, -0.1) is 0 Å². The molecule has 0 unspecified atom stereocenters. The van der Waals surface area contributed by atoms with Crippen LogP contribution in [0.2, 0.25) is 0 Å². The van der Waals surface area contributed by atoms with Gasteiger partial charge in [0.2, 0.25) is 0 Å². The van der Waals surface area contributed by atoms with Gasteiger partial charge < -0.3 is 5.32 Å². The molecule has 0 aliphatic carbocycles. The van der Waals surface area contributed by atoms with Crippen LogP contribution in [0.25, 0.3) is 33.4 Å². The number of carbonyl (C=O) groups is 1. The predicted octanol–water partition coefficient (Wildman–Crippen LogP) is 2.87. The van der Waals surface area contributed by atoms with Gasteiger partial charge in [0.05, 0.1) is 29.6 Å². The lowest BCUT2D eigenvalue weighted by Crippen LogP contribution is -2.35. The number of rotatable bonds is 2. The molecule has 4 aromatic rings. The summed E-state index contributed by atoms with van der Waals surface area (Å²) in [6, 6.07) is 11.8. The maximum atomic E-state index is 11.9. The standard InChI is InChI=1S/C18H14N6O.CH4/c25-18-17-9-16(23-24(17)6-5-20-18)12-3-4-19-15(8-12)11-1-2-14-13(7-11)10-21-22-14;/h1-4,7-10H,5-6H2,(H,20,25)(H,21,22);1H4. The number of aromatic nitrogens is 5. The number of aromatic amines is 1. The van der Waals surface area contributed by atoms with Crippen molar-refractivity contribution in [2.75, 3.05) is 6.54 Å². The third-order valence-electron chi connectivity index (χ3n) is 4.41. The van der Waals surface area contributed by atoms with Crippen LogP contribution in [-0.4, -0.2) is 37.4 Å². The summed E-state index contributed by atoms with van der Waals surface area (Å²) in [4.78, 5) is 16.4. The summed E-state index contributed by atoms with van der Waals surface area (Å²) in [6.07, 6.45) is 3.56. The molecule has 26 heavy (non-hydrogen) atoms. The fourth-order valence-corrected chi connectivity index (χ4v) is 3.13. The number of benzene rings is 1. The molecule has 5 rings (SSSR count). The largest absolute Gasteiger partial charge is 0.349 e. The summed E-state index contributed by atoms with van der Waals surface area (Å²) >= 11 is 0. The molecule has 1 amide bonds. The van der Waals surface area contributed by atoms with Gasteiger partial charge in [0.15, 0.2) is 0 Å². The Balaban J connectivity index is 0.00000168. The first kappa shape index (κ1) is 16.0. The average Bonchev–Trinajstić information content (AvgIpc) is 3.28. The van der Waals surface area contributed by atoms with Gasteiger partial charge in [-0.25, -0.2) is 0 Å². The zero-order valence-corrected chi connectivity index (χ0v) is 13.2. The summed E-state index contributed by atoms with van der Waals surface area (Å²) in [7, 11) is 0. The van der Waals surface area contributed by atoms with Crippen molar-refractivity contribution in [1.29, 1.82) is 0 Å². The van der Waals surface area contributed by atoms with E-state index in [1.165, 1.54) is 0 Å². The molecule has 0 saturated heterocycles. The molecule has 0 radical (unpaired) electrons. The van der Waals surface area contributed by atoms with Crippen LogP contribution >= 0.6 is 0 Å². The third-order valence-corrected chi connectivity index (χ3v) is 4.41. The lowest BCUT2D eigenvalue weighted by Gasteiger charge is -2.13. The van der Waals surface area contributed by atoms with E-state index in [-0.39, 0.29) is 13.3 Å². The number of nitrogens with one attached hydrogen (secondary N) is 2. The van der Waals surface area contributed by atoms with Gasteiger partial charge in [-0.2, -0.15) is 10.2 Å². The predicted molar refractivity (Wildman–Crippen MR) is 99.6 cm³/mol. The zero-order valence-electron chi connectivity index (χ0n) is 13.2. The normalized spacial score (nSPS) is 13.2. The Kier molecular flexibility index (Phi) is 3.76. The summed E-state index contributed by atoms with van der Waals surface area (Å²) in [5, 5.41) is 15.4. The number of carbonyl (C=O) groups excluding carboxylic acids is 1. The minimum absolute atomic E-state index is 0. The highest BCUT2D eigenvalue weighted by Crippen LogP contribution is 2.26. The van der Waals surface area contributed by atoms with Gasteiger partial charge in [-0.1, -0.05) is 13.5 Å². The van der Waals surface area contributed by atoms with E-state index in [1.54, 1.807) is 17.1 Å². The minimum Gasteiger partial charge on any atom is -0.349 e. The van der Waals surface area contributed by atoms with E-state index in [0.717, 1.165) is 33.4 Å². The van der Waals surface area contributed by atoms with E-state index in [9.17, 15) is 4.79 Å². The Bertz CT molecular complexity index is 1110. The smallest absolute Gasteiger partial charge is 0.269 e. The molecule has 7 nitrogen and oxygen atoms in total. The van der Waals surface area contributed by atoms with E-state index < -0.39 is 0 Å². The second-order valence-corrected chi connectivity index (χ2v) is 6.00. The number of amides is 1. The fourth-order valence-electron chi connectivity index (χ4n) is 3.13. The summed E-state index contributed by atoms with van der Waals surface area (Å²) in [5.74, 6) is -0.0790. The van der Waals surface area contributed by atoms with Crippen LogP contribution in [0.3, 0.4) is 0 Å². The number of hydrogen-bond acceptors (Lipinski definition) is 4. The van der Waals surface area contributed by atoms with Crippen molar-refractivity contribution in [1.82, 2.24) is 30.3 Å². The first-order valence-electron chi connectivity index (χ1n) is 8.04. The molecule has 0 atom stereocenters. The van der Waals surface area contributed by atoms with Crippen LogP contribution in [0.4, 0.5) is 0 Å². The molecule has 1 aliphatic rings. The monoisotopic (exact) mass is 346 g/mol. The maximum Gasteiger partial charge on any atom is 0.269 e. The molecular weight excluding hydrogens is 328 g/mol. The highest BCUT2D eigenvalue weighted by Gasteiger charge is 2.20. The minimum atomic E-state index is -0.0790. The second kappa shape index (κ2) is 6.11. The molecule has 1 aromatic carbocycles. The molecule has 0 spiro atoms. The molecular formula is C19H18N6O. The highest BCUT2D eigenvalue weighted by atomic mass is 16.2. The van der Waals surface area contributed by atoms with Crippen molar-refractivity contribution in [3.63, 3.8) is 0 Å². The SMILES string of the molecule is C.O=C1NCCn2nc(-c3ccnc(-c4ccc5[nH]ncc5c4)c3)cc21. The van der Waals surface area contributed by atoms with Gasteiger partial charge in [0, 0.05) is 29.3 Å². The van der Waals surface area contributed by atoms with Crippen molar-refractivity contribution in [3.8, 4) is 22.5 Å². The lowest BCUT2D eigenvalue weighted by molar-refractivity contribution is 0.0924. The summed E-state index contributed by atoms with van der Waals surface area (Å²) < 4.78 is 1.76. The summed E-state index contributed by atoms with van der Waals surface area (Å²) in [5.41, 5.74) is 5.17. The fraction of sp³-hybridized carbons (Fsp3) is 0.158. The molecule has 2 N–H and O–H groups in total. The Morgan fingerprint density at radius 2 is 1.92 bits per heavy atom. The third kappa shape index (κ3) is 2.54. The van der Waals surface area contributed by atoms with Crippen LogP contribution in [-0.2, 0) is 6.54 Å². The van der Waals surface area contributed by atoms with Gasteiger partial charge in [-0.3, -0.25) is 19.6 Å². The topological polar surface area (TPSA) is 88.5 Å². The van der Waals surface area contributed by atoms with E-state index in [1.807, 2.05) is 30.3 Å². The molecule has 0 saturated carbocycles. The van der Waals surface area contributed by atoms with Crippen LogP contribution in [0.5, 0.6) is 0 Å². The van der Waals surface area contributed by atoms with E-state index in [4.69, 9.17) is 0 Å². The number of pyridine rings is 1. The molecule has 3 aromatic heterocycles. The molecule has 0 fully saturated rings. The molecule has 0 bridgehead atoms. The van der Waals surface area contributed by atoms with E-state index in [2.05, 4.69) is 31.7 Å². The van der Waals surface area contributed by atoms with Crippen molar-refractivity contribution in [2.24, 2.45) is 0 Å². The number of hydrogen-bond donors (Lipinski definition) is 2. The van der Waals surface area contributed by atoms with Crippen molar-refractivity contribution in [2.45, 2.75) is 14.0 Å². The number of fused-ring (bicyclic) bond motifs is 2. The number of nitrogens with zero attached hydrogens (tertiary/aromatic N) is 4. The highest BCUT2D eigenvalue weighted by molar-refractivity contribution is 5.94. The Morgan fingerprint density at radius 1 is 1.04 bits per heavy atom. The van der Waals surface area contributed by atoms with Crippen molar-refractivity contribution >= 4 is 16.8 Å². The van der Waals surface area contributed by atoms with Gasteiger partial charge >= 0.3 is 0 Å². The van der Waals surface area contributed by atoms with E-state index in [0.29, 0.717) is 18.8 Å². The Morgan fingerprint density at radius 3 is 2.81 bits per heavy atom. The Hall–Kier alpha value is -3.48. The number of H-pyrrole nitrogens is 1. The van der Waals surface area contributed by atoms with Crippen LogP contribution in [0, 0.1) is 0 Å². The second-order valence-electron chi connectivity index (χ2n) is 6.00. The van der Waals surface area contributed by atoms with Gasteiger partial charge in [0.1, 0.15) is 5.69 Å². The van der Waals surface area contributed by atoms with E-state index >= 15 is 0 Å². The Labute approximate surface area is 150 Å². The van der Waals surface area contributed by atoms with Crippen LogP contribution in [0.15, 0.2) is 48.8 Å². The first-order chi connectivity index (χ1) is 12.3. The lowest BCUT2D eigenvalue weighted by atomic mass is 10.1. The van der Waals surface area contributed by atoms with Gasteiger partial charge in [0.25, 0.3) is 5.91 Å². The van der Waals surface area contributed by atoms with Crippen molar-refractivity contribution in [3.05, 3.63) is 54.5 Å².